The number of methoxy groups -OCH3 is 1. The van der Waals surface area contributed by atoms with E-state index in [9.17, 15) is 14.7 Å². The largest absolute Gasteiger partial charge is 0.497 e. The van der Waals surface area contributed by atoms with Crippen LogP contribution < -0.4 is 21.3 Å². The highest BCUT2D eigenvalue weighted by molar-refractivity contribution is 5.90. The van der Waals surface area contributed by atoms with Crippen molar-refractivity contribution in [1.29, 1.82) is 0 Å². The highest BCUT2D eigenvalue weighted by Crippen LogP contribution is 2.37. The second-order valence-electron chi connectivity index (χ2n) is 8.40. The molecule has 0 bridgehead atoms. The zero-order chi connectivity index (χ0) is 23.4. The zero-order valence-corrected chi connectivity index (χ0v) is 18.4. The molecule has 1 aliphatic heterocycles. The molecule has 8 nitrogen and oxygen atoms in total. The van der Waals surface area contributed by atoms with E-state index in [1.54, 1.807) is 13.2 Å². The van der Waals surface area contributed by atoms with E-state index >= 15 is 0 Å². The zero-order valence-electron chi connectivity index (χ0n) is 18.4. The SMILES string of the molecule is COc1ccc2[nH]c3c(c2c1)CCNC3c1c(O)n(-c2cccc3ccccc23)c(=O)[nH]c1=O. The summed E-state index contributed by atoms with van der Waals surface area (Å²) in [6.45, 7) is 0.605. The summed E-state index contributed by atoms with van der Waals surface area (Å²) in [7, 11) is 1.62. The van der Waals surface area contributed by atoms with Crippen molar-refractivity contribution in [3.8, 4) is 17.3 Å². The molecular formula is C26H22N4O4. The Hall–Kier alpha value is -4.30. The maximum atomic E-state index is 13.0. The standard InChI is InChI=1S/C26H22N4O4/c1-34-15-9-10-19-18(13-15)17-11-12-27-23(22(17)28-19)21-24(31)29-26(33)30(25(21)32)20-8-4-6-14-5-2-3-7-16(14)20/h2-10,13,23,27-28,32H,11-12H2,1H3,(H,29,31,33). The van der Waals surface area contributed by atoms with Gasteiger partial charge in [-0.25, -0.2) is 9.36 Å². The van der Waals surface area contributed by atoms with Gasteiger partial charge in [0.25, 0.3) is 5.56 Å². The minimum Gasteiger partial charge on any atom is -0.497 e. The maximum Gasteiger partial charge on any atom is 0.335 e. The Morgan fingerprint density at radius 2 is 1.82 bits per heavy atom. The summed E-state index contributed by atoms with van der Waals surface area (Å²) in [6.07, 6.45) is 0.751. The molecule has 8 heteroatoms. The second kappa shape index (κ2) is 7.64. The molecule has 0 saturated heterocycles. The van der Waals surface area contributed by atoms with Crippen molar-refractivity contribution in [3.63, 3.8) is 0 Å². The van der Waals surface area contributed by atoms with Gasteiger partial charge in [-0.05, 0) is 41.6 Å². The molecule has 3 aromatic carbocycles. The molecule has 0 saturated carbocycles. The topological polar surface area (TPSA) is 112 Å². The van der Waals surface area contributed by atoms with Gasteiger partial charge in [0.15, 0.2) is 0 Å². The van der Waals surface area contributed by atoms with Gasteiger partial charge >= 0.3 is 5.69 Å². The van der Waals surface area contributed by atoms with E-state index in [1.165, 1.54) is 4.57 Å². The van der Waals surface area contributed by atoms with Gasteiger partial charge in [-0.3, -0.25) is 9.78 Å². The molecular weight excluding hydrogens is 432 g/mol. The number of rotatable bonds is 3. The first-order valence-corrected chi connectivity index (χ1v) is 11.0. The minimum atomic E-state index is -0.694. The summed E-state index contributed by atoms with van der Waals surface area (Å²) in [4.78, 5) is 31.7. The van der Waals surface area contributed by atoms with Crippen molar-refractivity contribution in [2.75, 3.05) is 13.7 Å². The summed E-state index contributed by atoms with van der Waals surface area (Å²) in [5, 5.41) is 17.4. The number of H-pyrrole nitrogens is 2. The molecule has 170 valence electrons. The fraction of sp³-hybridized carbons (Fsp3) is 0.154. The van der Waals surface area contributed by atoms with E-state index in [0.29, 0.717) is 12.2 Å². The molecule has 0 radical (unpaired) electrons. The van der Waals surface area contributed by atoms with Crippen LogP contribution in [0.2, 0.25) is 0 Å². The first kappa shape index (κ1) is 20.3. The highest BCUT2D eigenvalue weighted by atomic mass is 16.5. The summed E-state index contributed by atoms with van der Waals surface area (Å²) >= 11 is 0. The Balaban J connectivity index is 1.59. The van der Waals surface area contributed by atoms with Crippen LogP contribution >= 0.6 is 0 Å². The third-order valence-corrected chi connectivity index (χ3v) is 6.58. The van der Waals surface area contributed by atoms with Crippen molar-refractivity contribution >= 4 is 21.7 Å². The smallest absolute Gasteiger partial charge is 0.335 e. The van der Waals surface area contributed by atoms with Crippen LogP contribution in [0.15, 0.2) is 70.3 Å². The fourth-order valence-corrected chi connectivity index (χ4v) is 5.01. The van der Waals surface area contributed by atoms with Crippen molar-refractivity contribution in [1.82, 2.24) is 19.9 Å². The predicted molar refractivity (Wildman–Crippen MR) is 130 cm³/mol. The summed E-state index contributed by atoms with van der Waals surface area (Å²) in [5.74, 6) is 0.362. The molecule has 4 N–H and O–H groups in total. The van der Waals surface area contributed by atoms with Crippen molar-refractivity contribution in [2.24, 2.45) is 0 Å². The van der Waals surface area contributed by atoms with Crippen LogP contribution in [0.25, 0.3) is 27.4 Å². The normalized spacial score (nSPS) is 15.5. The Morgan fingerprint density at radius 3 is 2.68 bits per heavy atom. The first-order valence-electron chi connectivity index (χ1n) is 11.0. The highest BCUT2D eigenvalue weighted by Gasteiger charge is 2.31. The van der Waals surface area contributed by atoms with Gasteiger partial charge in [0.05, 0.1) is 18.8 Å². The lowest BCUT2D eigenvalue weighted by Gasteiger charge is -2.25. The monoisotopic (exact) mass is 454 g/mol. The van der Waals surface area contributed by atoms with E-state index < -0.39 is 17.3 Å². The minimum absolute atomic E-state index is 0.0898. The van der Waals surface area contributed by atoms with E-state index in [0.717, 1.165) is 45.1 Å². The molecule has 1 aliphatic rings. The fourth-order valence-electron chi connectivity index (χ4n) is 5.01. The van der Waals surface area contributed by atoms with Gasteiger partial charge < -0.3 is 20.1 Å². The number of fused-ring (bicyclic) bond motifs is 4. The number of nitrogens with zero attached hydrogens (tertiary/aromatic N) is 1. The van der Waals surface area contributed by atoms with Crippen molar-refractivity contribution in [2.45, 2.75) is 12.5 Å². The van der Waals surface area contributed by atoms with Gasteiger partial charge in [0.1, 0.15) is 11.3 Å². The molecule has 0 amide bonds. The summed E-state index contributed by atoms with van der Waals surface area (Å²) in [5.41, 5.74) is 2.03. The third kappa shape index (κ3) is 2.96. The quantitative estimate of drug-likeness (QED) is 0.335. The number of nitrogens with one attached hydrogen (secondary N) is 3. The average Bonchev–Trinajstić information content (AvgIpc) is 3.22. The Kier molecular flexibility index (Phi) is 4.56. The molecule has 0 aliphatic carbocycles. The van der Waals surface area contributed by atoms with Gasteiger partial charge in [0.2, 0.25) is 5.88 Å². The number of aromatic hydroxyl groups is 1. The lowest BCUT2D eigenvalue weighted by atomic mass is 9.95. The van der Waals surface area contributed by atoms with Crippen LogP contribution in [0.3, 0.4) is 0 Å². The Labute approximate surface area is 193 Å². The third-order valence-electron chi connectivity index (χ3n) is 6.58. The summed E-state index contributed by atoms with van der Waals surface area (Å²) < 4.78 is 6.55. The predicted octanol–water partition coefficient (Wildman–Crippen LogP) is 3.11. The van der Waals surface area contributed by atoms with Crippen LogP contribution in [0.4, 0.5) is 0 Å². The molecule has 34 heavy (non-hydrogen) atoms. The molecule has 0 fully saturated rings. The number of aromatic amines is 2. The Morgan fingerprint density at radius 1 is 1.00 bits per heavy atom. The van der Waals surface area contributed by atoms with Gasteiger partial charge in [-0.2, -0.15) is 0 Å². The van der Waals surface area contributed by atoms with E-state index in [-0.39, 0.29) is 11.4 Å². The van der Waals surface area contributed by atoms with Gasteiger partial charge in [-0.15, -0.1) is 0 Å². The van der Waals surface area contributed by atoms with Crippen LogP contribution in [0.5, 0.6) is 11.6 Å². The lowest BCUT2D eigenvalue weighted by Crippen LogP contribution is -2.38. The number of hydrogen-bond donors (Lipinski definition) is 4. The summed E-state index contributed by atoms with van der Waals surface area (Å²) in [6, 6.07) is 18.2. The number of benzene rings is 3. The van der Waals surface area contributed by atoms with E-state index in [2.05, 4.69) is 15.3 Å². The first-order chi connectivity index (χ1) is 16.6. The van der Waals surface area contributed by atoms with E-state index in [1.807, 2.05) is 54.6 Å². The number of ether oxygens (including phenoxy) is 1. The van der Waals surface area contributed by atoms with Crippen LogP contribution in [0, 0.1) is 0 Å². The van der Waals surface area contributed by atoms with Gasteiger partial charge in [-0.1, -0.05) is 36.4 Å². The van der Waals surface area contributed by atoms with Crippen molar-refractivity contribution < 1.29 is 9.84 Å². The van der Waals surface area contributed by atoms with E-state index in [4.69, 9.17) is 4.74 Å². The molecule has 1 atom stereocenters. The molecule has 0 spiro atoms. The van der Waals surface area contributed by atoms with Crippen LogP contribution in [-0.4, -0.2) is 33.3 Å². The van der Waals surface area contributed by atoms with Gasteiger partial charge in [0, 0.05) is 28.5 Å². The molecule has 6 rings (SSSR count). The molecule has 2 aromatic heterocycles. The lowest BCUT2D eigenvalue weighted by molar-refractivity contribution is 0.410. The average molecular weight is 454 g/mol. The maximum absolute atomic E-state index is 13.0. The number of hydrogen-bond acceptors (Lipinski definition) is 5. The second-order valence-corrected chi connectivity index (χ2v) is 8.40. The van der Waals surface area contributed by atoms with Crippen LogP contribution in [0.1, 0.15) is 22.9 Å². The molecule has 1 unspecified atom stereocenters. The van der Waals surface area contributed by atoms with Crippen LogP contribution in [-0.2, 0) is 6.42 Å². The number of aromatic nitrogens is 3. The van der Waals surface area contributed by atoms with Crippen molar-refractivity contribution in [3.05, 3.63) is 98.3 Å². The molecule has 5 aromatic rings. The Bertz CT molecular complexity index is 1690. The molecule has 3 heterocycles.